The summed E-state index contributed by atoms with van der Waals surface area (Å²) in [6.07, 6.45) is 2.84. The number of aromatic nitrogens is 1. The van der Waals surface area contributed by atoms with Gasteiger partial charge in [0.05, 0.1) is 5.01 Å². The second-order valence-corrected chi connectivity index (χ2v) is 5.85. The van der Waals surface area contributed by atoms with Crippen molar-refractivity contribution in [2.45, 2.75) is 13.0 Å². The van der Waals surface area contributed by atoms with Crippen molar-refractivity contribution >= 4 is 39.6 Å². The smallest absolute Gasteiger partial charge is 0.0937 e. The number of nitrogens with zero attached hydrogens (tertiary/aromatic N) is 1. The summed E-state index contributed by atoms with van der Waals surface area (Å²) in [7, 11) is 0. The molecule has 0 atom stereocenters. The van der Waals surface area contributed by atoms with Gasteiger partial charge in [0.1, 0.15) is 0 Å². The zero-order chi connectivity index (χ0) is 12.1. The maximum Gasteiger partial charge on any atom is 0.0937 e. The molecule has 90 valence electrons. The number of benzene rings is 1. The van der Waals surface area contributed by atoms with E-state index in [-0.39, 0.29) is 0 Å². The largest absolute Gasteiger partial charge is 0.398 e. The number of hydrogen-bond acceptors (Lipinski definition) is 4. The molecule has 1 aromatic heterocycles. The first-order chi connectivity index (χ1) is 8.25. The molecule has 0 bridgehead atoms. The van der Waals surface area contributed by atoms with Crippen molar-refractivity contribution in [3.05, 3.63) is 43.9 Å². The lowest BCUT2D eigenvalue weighted by Crippen LogP contribution is -2.16. The molecule has 5 heteroatoms. The lowest BCUT2D eigenvalue weighted by atomic mass is 10.2. The van der Waals surface area contributed by atoms with Crippen molar-refractivity contribution in [2.75, 3.05) is 12.3 Å². The molecule has 3 nitrogen and oxygen atoms in total. The predicted molar refractivity (Wildman–Crippen MR) is 81.1 cm³/mol. The van der Waals surface area contributed by atoms with Crippen LogP contribution in [0.5, 0.6) is 0 Å². The highest BCUT2D eigenvalue weighted by Gasteiger charge is 1.99. The molecule has 0 unspecified atom stereocenters. The third-order valence-corrected chi connectivity index (χ3v) is 4.17. The SMILES string of the molecule is Nc1ccc(CNCCc2nccs2)cc1I. The highest BCUT2D eigenvalue weighted by molar-refractivity contribution is 14.1. The quantitative estimate of drug-likeness (QED) is 0.490. The molecule has 0 radical (unpaired) electrons. The number of nitrogens with two attached hydrogens (primary N) is 1. The molecule has 0 aliphatic rings. The van der Waals surface area contributed by atoms with Gasteiger partial charge in [-0.1, -0.05) is 6.07 Å². The molecule has 1 aromatic carbocycles. The van der Waals surface area contributed by atoms with Gasteiger partial charge in [-0.05, 0) is 40.3 Å². The third-order valence-electron chi connectivity index (χ3n) is 2.39. The van der Waals surface area contributed by atoms with Gasteiger partial charge >= 0.3 is 0 Å². The van der Waals surface area contributed by atoms with Gasteiger partial charge in [-0.3, -0.25) is 0 Å². The van der Waals surface area contributed by atoms with Crippen LogP contribution >= 0.6 is 33.9 Å². The Morgan fingerprint density at radius 1 is 1.41 bits per heavy atom. The van der Waals surface area contributed by atoms with E-state index in [0.717, 1.165) is 28.8 Å². The van der Waals surface area contributed by atoms with Crippen LogP contribution in [0.25, 0.3) is 0 Å². The number of halogens is 1. The van der Waals surface area contributed by atoms with Gasteiger partial charge < -0.3 is 11.1 Å². The first-order valence-electron chi connectivity index (χ1n) is 5.38. The molecule has 2 aromatic rings. The lowest BCUT2D eigenvalue weighted by Gasteiger charge is -2.05. The van der Waals surface area contributed by atoms with Crippen LogP contribution in [0.1, 0.15) is 10.6 Å². The zero-order valence-corrected chi connectivity index (χ0v) is 12.3. The van der Waals surface area contributed by atoms with Crippen LogP contribution < -0.4 is 11.1 Å². The second-order valence-electron chi connectivity index (χ2n) is 3.71. The van der Waals surface area contributed by atoms with E-state index in [0.29, 0.717) is 0 Å². The molecule has 3 N–H and O–H groups in total. The van der Waals surface area contributed by atoms with Crippen LogP contribution in [0, 0.1) is 3.57 Å². The van der Waals surface area contributed by atoms with Gasteiger partial charge in [-0.15, -0.1) is 11.3 Å². The maximum absolute atomic E-state index is 5.77. The Morgan fingerprint density at radius 2 is 2.29 bits per heavy atom. The Hall–Kier alpha value is -0.660. The van der Waals surface area contributed by atoms with Gasteiger partial charge in [-0.25, -0.2) is 4.98 Å². The van der Waals surface area contributed by atoms with Crippen LogP contribution in [-0.2, 0) is 13.0 Å². The number of thiazole rings is 1. The van der Waals surface area contributed by atoms with Crippen molar-refractivity contribution in [3.8, 4) is 0 Å². The Morgan fingerprint density at radius 3 is 3.00 bits per heavy atom. The fourth-order valence-electron chi connectivity index (χ4n) is 1.49. The Bertz CT molecular complexity index is 471. The molecule has 0 saturated heterocycles. The number of rotatable bonds is 5. The standard InChI is InChI=1S/C12H14IN3S/c13-10-7-9(1-2-11(10)14)8-15-4-3-12-16-5-6-17-12/h1-2,5-7,15H,3-4,8,14H2. The topological polar surface area (TPSA) is 50.9 Å². The third kappa shape index (κ3) is 3.93. The van der Waals surface area contributed by atoms with Crippen molar-refractivity contribution in [1.82, 2.24) is 10.3 Å². The number of nitrogens with one attached hydrogen (secondary N) is 1. The zero-order valence-electron chi connectivity index (χ0n) is 9.32. The first kappa shape index (κ1) is 12.8. The summed E-state index contributed by atoms with van der Waals surface area (Å²) in [5.74, 6) is 0. The fourth-order valence-corrected chi connectivity index (χ4v) is 2.69. The van der Waals surface area contributed by atoms with E-state index in [2.05, 4.69) is 45.0 Å². The molecule has 0 amide bonds. The molecule has 2 rings (SSSR count). The van der Waals surface area contributed by atoms with Crippen molar-refractivity contribution < 1.29 is 0 Å². The van der Waals surface area contributed by atoms with Gasteiger partial charge in [0, 0.05) is 40.3 Å². The lowest BCUT2D eigenvalue weighted by molar-refractivity contribution is 0.685. The predicted octanol–water partition coefficient (Wildman–Crippen LogP) is 2.66. The number of hydrogen-bond donors (Lipinski definition) is 2. The summed E-state index contributed by atoms with van der Waals surface area (Å²) in [5, 5.41) is 6.61. The minimum atomic E-state index is 0.845. The van der Waals surface area contributed by atoms with E-state index < -0.39 is 0 Å². The van der Waals surface area contributed by atoms with Gasteiger partial charge in [0.15, 0.2) is 0 Å². The summed E-state index contributed by atoms with van der Waals surface area (Å²) in [6, 6.07) is 6.14. The highest BCUT2D eigenvalue weighted by Crippen LogP contribution is 2.16. The van der Waals surface area contributed by atoms with E-state index >= 15 is 0 Å². The molecule has 0 aliphatic heterocycles. The summed E-state index contributed by atoms with van der Waals surface area (Å²) >= 11 is 3.96. The minimum absolute atomic E-state index is 0.845. The summed E-state index contributed by atoms with van der Waals surface area (Å²) in [4.78, 5) is 4.25. The van der Waals surface area contributed by atoms with Crippen LogP contribution in [0.15, 0.2) is 29.8 Å². The molecule has 0 aliphatic carbocycles. The molecular weight excluding hydrogens is 345 g/mol. The van der Waals surface area contributed by atoms with E-state index in [1.54, 1.807) is 11.3 Å². The Labute approximate surface area is 119 Å². The number of anilines is 1. The summed E-state index contributed by atoms with van der Waals surface area (Å²) in [6.45, 7) is 1.83. The van der Waals surface area contributed by atoms with Gasteiger partial charge in [0.2, 0.25) is 0 Å². The van der Waals surface area contributed by atoms with E-state index in [1.807, 2.05) is 17.6 Å². The van der Waals surface area contributed by atoms with Crippen molar-refractivity contribution in [1.29, 1.82) is 0 Å². The first-order valence-corrected chi connectivity index (χ1v) is 7.34. The molecule has 17 heavy (non-hydrogen) atoms. The van der Waals surface area contributed by atoms with Crippen LogP contribution in [0.2, 0.25) is 0 Å². The van der Waals surface area contributed by atoms with Gasteiger partial charge in [-0.2, -0.15) is 0 Å². The molecule has 1 heterocycles. The molecule has 0 saturated carbocycles. The van der Waals surface area contributed by atoms with Crippen LogP contribution in [-0.4, -0.2) is 11.5 Å². The molecule has 0 fully saturated rings. The Balaban J connectivity index is 1.76. The molecular formula is C12H14IN3S. The fraction of sp³-hybridized carbons (Fsp3) is 0.250. The maximum atomic E-state index is 5.77. The number of nitrogen functional groups attached to an aromatic ring is 1. The minimum Gasteiger partial charge on any atom is -0.398 e. The summed E-state index contributed by atoms with van der Waals surface area (Å²) < 4.78 is 1.11. The van der Waals surface area contributed by atoms with Crippen molar-refractivity contribution in [3.63, 3.8) is 0 Å². The van der Waals surface area contributed by atoms with Crippen molar-refractivity contribution in [2.24, 2.45) is 0 Å². The van der Waals surface area contributed by atoms with Crippen LogP contribution in [0.4, 0.5) is 5.69 Å². The highest BCUT2D eigenvalue weighted by atomic mass is 127. The van der Waals surface area contributed by atoms with Crippen LogP contribution in [0.3, 0.4) is 0 Å². The van der Waals surface area contributed by atoms with E-state index in [9.17, 15) is 0 Å². The van der Waals surface area contributed by atoms with E-state index in [1.165, 1.54) is 10.6 Å². The normalized spacial score (nSPS) is 10.6. The Kier molecular flexibility index (Phi) is 4.75. The monoisotopic (exact) mass is 359 g/mol. The molecule has 0 spiro atoms. The average Bonchev–Trinajstić information content (AvgIpc) is 2.82. The average molecular weight is 359 g/mol. The summed E-state index contributed by atoms with van der Waals surface area (Å²) in [5.41, 5.74) is 7.88. The van der Waals surface area contributed by atoms with Gasteiger partial charge in [0.25, 0.3) is 0 Å². The second kappa shape index (κ2) is 6.32. The van der Waals surface area contributed by atoms with E-state index in [4.69, 9.17) is 5.73 Å².